The molecule has 0 spiro atoms. The molecular formula is C15H18O3. The van der Waals surface area contributed by atoms with Crippen LogP contribution in [0.3, 0.4) is 0 Å². The summed E-state index contributed by atoms with van der Waals surface area (Å²) >= 11 is 0. The topological polar surface area (TPSA) is 35.5 Å². The van der Waals surface area contributed by atoms with Crippen molar-refractivity contribution in [2.45, 2.75) is 32.0 Å². The second-order valence-electron chi connectivity index (χ2n) is 5.31. The van der Waals surface area contributed by atoms with Crippen LogP contribution in [0.1, 0.15) is 24.8 Å². The van der Waals surface area contributed by atoms with E-state index in [4.69, 9.17) is 9.47 Å². The number of hydrogen-bond acceptors (Lipinski definition) is 3. The number of benzene rings is 1. The van der Waals surface area contributed by atoms with Crippen molar-refractivity contribution in [3.63, 3.8) is 0 Å². The first-order chi connectivity index (χ1) is 8.76. The molecular weight excluding hydrogens is 228 g/mol. The number of carbonyl (C=O) groups excluding carboxylic acids is 1. The summed E-state index contributed by atoms with van der Waals surface area (Å²) in [6, 6.07) is 7.89. The molecule has 3 atom stereocenters. The largest absolute Gasteiger partial charge is 0.497 e. The molecule has 3 rings (SSSR count). The van der Waals surface area contributed by atoms with E-state index in [-0.39, 0.29) is 12.0 Å². The Kier molecular flexibility index (Phi) is 3.08. The molecule has 1 aromatic rings. The fraction of sp³-hybridized carbons (Fsp3) is 0.533. The molecule has 18 heavy (non-hydrogen) atoms. The van der Waals surface area contributed by atoms with Gasteiger partial charge in [0.25, 0.3) is 0 Å². The van der Waals surface area contributed by atoms with Crippen molar-refractivity contribution in [2.75, 3.05) is 7.11 Å². The first-order valence-corrected chi connectivity index (χ1v) is 6.53. The second kappa shape index (κ2) is 4.73. The highest BCUT2D eigenvalue weighted by atomic mass is 16.5. The van der Waals surface area contributed by atoms with Crippen molar-refractivity contribution in [1.29, 1.82) is 0 Å². The minimum atomic E-state index is 0.151. The lowest BCUT2D eigenvalue weighted by molar-refractivity contribution is -0.127. The number of ketones is 1. The SMILES string of the molecule is COc1ccc(CO[C@H]2C[C@@H]3CC(=O)[C@H]2C3)cc1. The number of hydrogen-bond donors (Lipinski definition) is 0. The summed E-state index contributed by atoms with van der Waals surface area (Å²) in [5.41, 5.74) is 1.13. The molecule has 2 aliphatic carbocycles. The lowest BCUT2D eigenvalue weighted by Gasteiger charge is -2.21. The maximum atomic E-state index is 11.6. The van der Waals surface area contributed by atoms with Crippen molar-refractivity contribution in [3.8, 4) is 5.75 Å². The molecule has 2 saturated carbocycles. The highest BCUT2D eigenvalue weighted by Crippen LogP contribution is 2.43. The zero-order valence-corrected chi connectivity index (χ0v) is 10.6. The molecule has 0 aromatic heterocycles. The Bertz CT molecular complexity index is 438. The van der Waals surface area contributed by atoms with Gasteiger partial charge < -0.3 is 9.47 Å². The summed E-state index contributed by atoms with van der Waals surface area (Å²) in [4.78, 5) is 11.6. The fourth-order valence-corrected chi connectivity index (χ4v) is 3.15. The van der Waals surface area contributed by atoms with Crippen LogP contribution in [-0.2, 0) is 16.1 Å². The Labute approximate surface area is 107 Å². The third-order valence-electron chi connectivity index (χ3n) is 4.13. The van der Waals surface area contributed by atoms with Crippen molar-refractivity contribution >= 4 is 5.78 Å². The van der Waals surface area contributed by atoms with Gasteiger partial charge in [0.15, 0.2) is 0 Å². The molecule has 2 aliphatic rings. The molecule has 0 radical (unpaired) electrons. The maximum Gasteiger partial charge on any atom is 0.138 e. The molecule has 0 saturated heterocycles. The minimum absolute atomic E-state index is 0.151. The third-order valence-corrected chi connectivity index (χ3v) is 4.13. The molecule has 96 valence electrons. The quantitative estimate of drug-likeness (QED) is 0.819. The number of ether oxygens (including phenoxy) is 2. The van der Waals surface area contributed by atoms with E-state index in [0.29, 0.717) is 18.3 Å². The Morgan fingerprint density at radius 3 is 2.61 bits per heavy atom. The molecule has 0 amide bonds. The Morgan fingerprint density at radius 2 is 2.00 bits per heavy atom. The van der Waals surface area contributed by atoms with Crippen LogP contribution in [0.5, 0.6) is 5.75 Å². The highest BCUT2D eigenvalue weighted by molar-refractivity contribution is 5.85. The summed E-state index contributed by atoms with van der Waals surface area (Å²) in [5, 5.41) is 0. The Hall–Kier alpha value is -1.35. The van der Waals surface area contributed by atoms with Crippen LogP contribution in [0.2, 0.25) is 0 Å². The molecule has 0 heterocycles. The van der Waals surface area contributed by atoms with Gasteiger partial charge in [0.1, 0.15) is 11.5 Å². The van der Waals surface area contributed by atoms with Crippen LogP contribution < -0.4 is 4.74 Å². The summed E-state index contributed by atoms with van der Waals surface area (Å²) in [6.45, 7) is 0.588. The van der Waals surface area contributed by atoms with Crippen LogP contribution in [0.4, 0.5) is 0 Å². The third kappa shape index (κ3) is 2.15. The normalized spacial score (nSPS) is 29.8. The molecule has 0 aliphatic heterocycles. The maximum absolute atomic E-state index is 11.6. The number of methoxy groups -OCH3 is 1. The van der Waals surface area contributed by atoms with Crippen molar-refractivity contribution in [3.05, 3.63) is 29.8 Å². The van der Waals surface area contributed by atoms with Crippen LogP contribution in [-0.4, -0.2) is 19.0 Å². The van der Waals surface area contributed by atoms with E-state index >= 15 is 0 Å². The van der Waals surface area contributed by atoms with Gasteiger partial charge in [-0.15, -0.1) is 0 Å². The smallest absolute Gasteiger partial charge is 0.138 e. The predicted octanol–water partition coefficient (Wildman–Crippen LogP) is 2.58. The van der Waals surface area contributed by atoms with Gasteiger partial charge in [-0.3, -0.25) is 4.79 Å². The van der Waals surface area contributed by atoms with E-state index in [1.807, 2.05) is 24.3 Å². The number of carbonyl (C=O) groups is 1. The summed E-state index contributed by atoms with van der Waals surface area (Å²) in [7, 11) is 1.66. The molecule has 0 unspecified atom stereocenters. The van der Waals surface area contributed by atoms with E-state index in [0.717, 1.165) is 30.6 Å². The number of fused-ring (bicyclic) bond motifs is 2. The first kappa shape index (κ1) is 11.7. The van der Waals surface area contributed by atoms with Gasteiger partial charge in [-0.05, 0) is 36.5 Å². The zero-order valence-electron chi connectivity index (χ0n) is 10.6. The summed E-state index contributed by atoms with van der Waals surface area (Å²) in [6.07, 6.45) is 3.05. The number of rotatable bonds is 4. The standard InChI is InChI=1S/C15H18O3/c1-17-12-4-2-10(3-5-12)9-18-15-8-11-6-13(15)14(16)7-11/h2-5,11,13,15H,6-9H2,1H3/t11-,13+,15-/m0/s1. The van der Waals surface area contributed by atoms with E-state index in [1.165, 1.54) is 0 Å². The Balaban J connectivity index is 1.56. The van der Waals surface area contributed by atoms with E-state index in [9.17, 15) is 4.79 Å². The molecule has 3 nitrogen and oxygen atoms in total. The molecule has 2 bridgehead atoms. The highest BCUT2D eigenvalue weighted by Gasteiger charge is 2.46. The van der Waals surface area contributed by atoms with E-state index < -0.39 is 0 Å². The van der Waals surface area contributed by atoms with Crippen LogP contribution in [0.15, 0.2) is 24.3 Å². The van der Waals surface area contributed by atoms with Gasteiger partial charge in [0, 0.05) is 12.3 Å². The molecule has 2 fully saturated rings. The van der Waals surface area contributed by atoms with Crippen molar-refractivity contribution in [2.24, 2.45) is 11.8 Å². The van der Waals surface area contributed by atoms with E-state index in [2.05, 4.69) is 0 Å². The molecule has 0 N–H and O–H groups in total. The van der Waals surface area contributed by atoms with Gasteiger partial charge in [0.05, 0.1) is 19.8 Å². The van der Waals surface area contributed by atoms with Gasteiger partial charge in [-0.1, -0.05) is 12.1 Å². The average molecular weight is 246 g/mol. The van der Waals surface area contributed by atoms with Crippen LogP contribution in [0.25, 0.3) is 0 Å². The lowest BCUT2D eigenvalue weighted by Crippen LogP contribution is -2.27. The fourth-order valence-electron chi connectivity index (χ4n) is 3.15. The molecule has 1 aromatic carbocycles. The van der Waals surface area contributed by atoms with Crippen molar-refractivity contribution < 1.29 is 14.3 Å². The van der Waals surface area contributed by atoms with Crippen LogP contribution in [0, 0.1) is 11.8 Å². The summed E-state index contributed by atoms with van der Waals surface area (Å²) in [5.74, 6) is 2.02. The monoisotopic (exact) mass is 246 g/mol. The molecule has 3 heteroatoms. The summed E-state index contributed by atoms with van der Waals surface area (Å²) < 4.78 is 11.0. The number of Topliss-reactive ketones (excluding diaryl/α,β-unsaturated/α-hetero) is 1. The van der Waals surface area contributed by atoms with Gasteiger partial charge in [0.2, 0.25) is 0 Å². The zero-order chi connectivity index (χ0) is 12.5. The lowest BCUT2D eigenvalue weighted by atomic mass is 9.96. The Morgan fingerprint density at radius 1 is 1.22 bits per heavy atom. The van der Waals surface area contributed by atoms with Gasteiger partial charge in [-0.2, -0.15) is 0 Å². The van der Waals surface area contributed by atoms with Crippen LogP contribution >= 0.6 is 0 Å². The minimum Gasteiger partial charge on any atom is -0.497 e. The van der Waals surface area contributed by atoms with Gasteiger partial charge >= 0.3 is 0 Å². The van der Waals surface area contributed by atoms with E-state index in [1.54, 1.807) is 7.11 Å². The van der Waals surface area contributed by atoms with Gasteiger partial charge in [-0.25, -0.2) is 0 Å². The average Bonchev–Trinajstić information content (AvgIpc) is 2.95. The second-order valence-corrected chi connectivity index (χ2v) is 5.31. The first-order valence-electron chi connectivity index (χ1n) is 6.53. The van der Waals surface area contributed by atoms with Crippen molar-refractivity contribution in [1.82, 2.24) is 0 Å². The predicted molar refractivity (Wildman–Crippen MR) is 67.4 cm³/mol.